The molecule has 0 saturated carbocycles. The molecule has 0 aliphatic rings. The van der Waals surface area contributed by atoms with Crippen LogP contribution in [-0.2, 0) is 16.6 Å². The number of carbonyl (C=O) groups is 2. The summed E-state index contributed by atoms with van der Waals surface area (Å²) in [6.07, 6.45) is 1.49. The number of nitrogens with zero attached hydrogens (tertiary/aromatic N) is 3. The normalized spacial score (nSPS) is 11.6. The second-order valence-corrected chi connectivity index (χ2v) is 6.85. The molecule has 0 aliphatic heterocycles. The van der Waals surface area contributed by atoms with Crippen LogP contribution in [0.5, 0.6) is 11.5 Å². The molecule has 10 nitrogen and oxygen atoms in total. The van der Waals surface area contributed by atoms with Crippen molar-refractivity contribution in [2.75, 3.05) is 26.6 Å². The zero-order valence-electron chi connectivity index (χ0n) is 18.1. The molecule has 10 heteroatoms. The summed E-state index contributed by atoms with van der Waals surface area (Å²) in [6, 6.07) is 5.83. The number of fused-ring (bicyclic) bond motifs is 1. The zero-order chi connectivity index (χ0) is 22.5. The van der Waals surface area contributed by atoms with Gasteiger partial charge in [0.25, 0.3) is 0 Å². The van der Waals surface area contributed by atoms with Crippen LogP contribution < -0.4 is 20.1 Å². The van der Waals surface area contributed by atoms with E-state index in [9.17, 15) is 9.59 Å². The van der Waals surface area contributed by atoms with Gasteiger partial charge in [-0.3, -0.25) is 9.48 Å². The number of anilines is 1. The summed E-state index contributed by atoms with van der Waals surface area (Å²) < 4.78 is 17.0. The van der Waals surface area contributed by atoms with Crippen molar-refractivity contribution < 1.29 is 23.8 Å². The van der Waals surface area contributed by atoms with E-state index in [4.69, 9.17) is 14.2 Å². The smallest absolute Gasteiger partial charge is 0.319 e. The monoisotopic (exact) mass is 427 g/mol. The van der Waals surface area contributed by atoms with Crippen molar-refractivity contribution in [3.63, 3.8) is 0 Å². The lowest BCUT2D eigenvalue weighted by atomic mass is 10.0. The number of hydrogen-bond acceptors (Lipinski definition) is 7. The Morgan fingerprint density at radius 1 is 1.13 bits per heavy atom. The van der Waals surface area contributed by atoms with E-state index in [0.29, 0.717) is 22.7 Å². The third-order valence-corrected chi connectivity index (χ3v) is 4.83. The standard InChI is InChI=1S/C21H25N5O5/c1-12-15-9-14(11-22-20(15)26(2)25-12)23-21(28)24-16(10-19(27)31-5)13-6-7-17(29-3)18(8-13)30-4/h6-9,11,16H,10H2,1-5H3,(H2,23,24,28). The van der Waals surface area contributed by atoms with E-state index in [1.807, 2.05) is 14.0 Å². The molecule has 0 saturated heterocycles. The van der Waals surface area contributed by atoms with E-state index in [2.05, 4.69) is 20.7 Å². The van der Waals surface area contributed by atoms with E-state index < -0.39 is 18.0 Å². The van der Waals surface area contributed by atoms with E-state index in [1.165, 1.54) is 21.3 Å². The number of pyridine rings is 1. The summed E-state index contributed by atoms with van der Waals surface area (Å²) >= 11 is 0. The predicted molar refractivity (Wildman–Crippen MR) is 114 cm³/mol. The first kappa shape index (κ1) is 21.9. The van der Waals surface area contributed by atoms with Crippen LogP contribution in [-0.4, -0.2) is 48.1 Å². The van der Waals surface area contributed by atoms with Crippen molar-refractivity contribution in [3.8, 4) is 11.5 Å². The number of hydrogen-bond donors (Lipinski definition) is 2. The second kappa shape index (κ2) is 9.33. The van der Waals surface area contributed by atoms with E-state index >= 15 is 0 Å². The highest BCUT2D eigenvalue weighted by Crippen LogP contribution is 2.31. The van der Waals surface area contributed by atoms with E-state index in [0.717, 1.165) is 16.7 Å². The molecule has 3 rings (SSSR count). The molecule has 1 aromatic carbocycles. The van der Waals surface area contributed by atoms with Crippen molar-refractivity contribution in [1.29, 1.82) is 0 Å². The van der Waals surface area contributed by atoms with Crippen molar-refractivity contribution in [2.45, 2.75) is 19.4 Å². The largest absolute Gasteiger partial charge is 0.493 e. The number of urea groups is 1. The minimum Gasteiger partial charge on any atom is -0.493 e. The number of nitrogens with one attached hydrogen (secondary N) is 2. The maximum atomic E-state index is 12.7. The van der Waals surface area contributed by atoms with Crippen LogP contribution in [0.25, 0.3) is 11.0 Å². The number of rotatable bonds is 7. The minimum atomic E-state index is -0.649. The fraction of sp³-hybridized carbons (Fsp3) is 0.333. The SMILES string of the molecule is COC(=O)CC(NC(=O)Nc1cnc2c(c1)c(C)nn2C)c1ccc(OC)c(OC)c1. The highest BCUT2D eigenvalue weighted by atomic mass is 16.5. The Balaban J connectivity index is 1.81. The van der Waals surface area contributed by atoms with Gasteiger partial charge >= 0.3 is 12.0 Å². The number of methoxy groups -OCH3 is 3. The maximum absolute atomic E-state index is 12.7. The van der Waals surface area contributed by atoms with Gasteiger partial charge in [-0.2, -0.15) is 5.10 Å². The highest BCUT2D eigenvalue weighted by molar-refractivity contribution is 5.92. The number of ether oxygens (including phenoxy) is 3. The fourth-order valence-corrected chi connectivity index (χ4v) is 3.27. The van der Waals surface area contributed by atoms with Gasteiger partial charge in [0.2, 0.25) is 0 Å². The summed E-state index contributed by atoms with van der Waals surface area (Å²) in [7, 11) is 6.15. The van der Waals surface area contributed by atoms with Crippen molar-refractivity contribution in [2.24, 2.45) is 7.05 Å². The van der Waals surface area contributed by atoms with E-state index in [-0.39, 0.29) is 6.42 Å². The van der Waals surface area contributed by atoms with Gasteiger partial charge in [-0.05, 0) is 30.7 Å². The van der Waals surface area contributed by atoms with Gasteiger partial charge < -0.3 is 24.8 Å². The fourth-order valence-electron chi connectivity index (χ4n) is 3.27. The minimum absolute atomic E-state index is 0.0571. The van der Waals surface area contributed by atoms with Crippen LogP contribution in [0.2, 0.25) is 0 Å². The number of amides is 2. The Morgan fingerprint density at radius 3 is 2.55 bits per heavy atom. The number of aryl methyl sites for hydroxylation is 2. The van der Waals surface area contributed by atoms with Crippen molar-refractivity contribution in [3.05, 3.63) is 41.7 Å². The first-order valence-corrected chi connectivity index (χ1v) is 9.51. The Bertz CT molecular complexity index is 1110. The lowest BCUT2D eigenvalue weighted by molar-refractivity contribution is -0.141. The van der Waals surface area contributed by atoms with Gasteiger partial charge in [-0.15, -0.1) is 0 Å². The van der Waals surface area contributed by atoms with Gasteiger partial charge in [0.1, 0.15) is 0 Å². The third-order valence-electron chi connectivity index (χ3n) is 4.83. The molecule has 3 aromatic rings. The Kier molecular flexibility index (Phi) is 6.58. The topological polar surface area (TPSA) is 117 Å². The van der Waals surface area contributed by atoms with Crippen LogP contribution >= 0.6 is 0 Å². The number of benzene rings is 1. The van der Waals surface area contributed by atoms with Crippen LogP contribution in [0, 0.1) is 6.92 Å². The van der Waals surface area contributed by atoms with Gasteiger partial charge in [-0.25, -0.2) is 9.78 Å². The highest BCUT2D eigenvalue weighted by Gasteiger charge is 2.21. The molecule has 2 N–H and O–H groups in total. The second-order valence-electron chi connectivity index (χ2n) is 6.85. The molecular formula is C21H25N5O5. The molecule has 2 aromatic heterocycles. The van der Waals surface area contributed by atoms with E-state index in [1.54, 1.807) is 35.1 Å². The summed E-state index contributed by atoms with van der Waals surface area (Å²) in [5.74, 6) is 0.562. The Hall–Kier alpha value is -3.82. The summed E-state index contributed by atoms with van der Waals surface area (Å²) in [5.41, 5.74) is 2.69. The molecule has 1 unspecified atom stereocenters. The van der Waals surface area contributed by atoms with Gasteiger partial charge in [0.05, 0.1) is 51.4 Å². The number of carbonyl (C=O) groups excluding carboxylic acids is 2. The molecule has 0 spiro atoms. The lowest BCUT2D eigenvalue weighted by Crippen LogP contribution is -2.34. The Labute approximate surface area is 179 Å². The third kappa shape index (κ3) is 4.85. The van der Waals surface area contributed by atoms with Crippen LogP contribution in [0.3, 0.4) is 0 Å². The average molecular weight is 427 g/mol. The molecule has 31 heavy (non-hydrogen) atoms. The number of esters is 1. The van der Waals surface area contributed by atoms with Crippen molar-refractivity contribution in [1.82, 2.24) is 20.1 Å². The lowest BCUT2D eigenvalue weighted by Gasteiger charge is -2.20. The molecule has 0 aliphatic carbocycles. The molecule has 0 fully saturated rings. The van der Waals surface area contributed by atoms with Gasteiger partial charge in [-0.1, -0.05) is 6.07 Å². The molecule has 2 amide bonds. The Morgan fingerprint density at radius 2 is 1.87 bits per heavy atom. The van der Waals surface area contributed by atoms with Crippen LogP contribution in [0.15, 0.2) is 30.5 Å². The van der Waals surface area contributed by atoms with Crippen LogP contribution in [0.1, 0.15) is 23.7 Å². The number of aromatic nitrogens is 3. The van der Waals surface area contributed by atoms with Gasteiger partial charge in [0, 0.05) is 12.4 Å². The zero-order valence-corrected chi connectivity index (χ0v) is 18.1. The summed E-state index contributed by atoms with van der Waals surface area (Å²) in [6.45, 7) is 1.87. The summed E-state index contributed by atoms with van der Waals surface area (Å²) in [4.78, 5) is 29.0. The van der Waals surface area contributed by atoms with Crippen molar-refractivity contribution >= 4 is 28.7 Å². The first-order valence-electron chi connectivity index (χ1n) is 9.51. The first-order chi connectivity index (χ1) is 14.9. The average Bonchev–Trinajstić information content (AvgIpc) is 3.05. The van der Waals surface area contributed by atoms with Gasteiger partial charge in [0.15, 0.2) is 17.1 Å². The predicted octanol–water partition coefficient (Wildman–Crippen LogP) is 2.72. The molecular weight excluding hydrogens is 402 g/mol. The quantitative estimate of drug-likeness (QED) is 0.557. The van der Waals surface area contributed by atoms with Crippen LogP contribution in [0.4, 0.5) is 10.5 Å². The summed E-state index contributed by atoms with van der Waals surface area (Å²) in [5, 5.41) is 10.7. The molecule has 2 heterocycles. The molecule has 0 bridgehead atoms. The maximum Gasteiger partial charge on any atom is 0.319 e. The molecule has 1 atom stereocenters. The molecule has 0 radical (unpaired) electrons. The molecule has 164 valence electrons.